The summed E-state index contributed by atoms with van der Waals surface area (Å²) in [5.74, 6) is 0. The van der Waals surface area contributed by atoms with Crippen molar-refractivity contribution in [3.05, 3.63) is 21.3 Å². The Morgan fingerprint density at radius 3 is 2.56 bits per heavy atom. The summed E-state index contributed by atoms with van der Waals surface area (Å²) in [6, 6.07) is 3.57. The first-order valence-corrected chi connectivity index (χ1v) is 6.17. The van der Waals surface area contributed by atoms with E-state index in [1.165, 1.54) is 11.3 Å². The van der Waals surface area contributed by atoms with Crippen LogP contribution in [0, 0.1) is 0 Å². The van der Waals surface area contributed by atoms with Crippen LogP contribution < -0.4 is 5.32 Å². The highest BCUT2D eigenvalue weighted by Crippen LogP contribution is 2.29. The third-order valence-electron chi connectivity index (χ3n) is 2.14. The molecule has 1 unspecified atom stereocenters. The number of rotatable bonds is 5. The van der Waals surface area contributed by atoms with Gasteiger partial charge in [-0.1, -0.05) is 18.5 Å². The van der Waals surface area contributed by atoms with Crippen LogP contribution in [0.15, 0.2) is 12.1 Å². The van der Waals surface area contributed by atoms with Crippen LogP contribution in [-0.4, -0.2) is 12.7 Å². The summed E-state index contributed by atoms with van der Waals surface area (Å²) in [4.78, 5) is 0.981. The minimum absolute atomic E-state index is 0.0418. The number of nitrogens with one attached hydrogen (secondary N) is 1. The van der Waals surface area contributed by atoms with Gasteiger partial charge < -0.3 is 5.32 Å². The molecule has 1 heterocycles. The first kappa shape index (κ1) is 13.8. The minimum Gasteiger partial charge on any atom is -0.309 e. The summed E-state index contributed by atoms with van der Waals surface area (Å²) >= 11 is 7.18. The molecule has 1 N–H and O–H groups in total. The predicted octanol–water partition coefficient (Wildman–Crippen LogP) is 4.39. The van der Waals surface area contributed by atoms with E-state index in [1.807, 2.05) is 13.0 Å². The molecule has 0 amide bonds. The van der Waals surface area contributed by atoms with Gasteiger partial charge in [-0.15, -0.1) is 11.3 Å². The average Bonchev–Trinajstić information content (AvgIpc) is 2.58. The lowest BCUT2D eigenvalue weighted by molar-refractivity contribution is -0.133. The topological polar surface area (TPSA) is 12.0 Å². The molecule has 0 aliphatic heterocycles. The molecular weight excluding hydrogens is 259 g/mol. The second-order valence-corrected chi connectivity index (χ2v) is 5.17. The van der Waals surface area contributed by atoms with Gasteiger partial charge in [0.25, 0.3) is 0 Å². The first-order valence-electron chi connectivity index (χ1n) is 4.97. The fraction of sp³-hybridized carbons (Fsp3) is 0.600. The van der Waals surface area contributed by atoms with Crippen molar-refractivity contribution in [1.82, 2.24) is 5.32 Å². The van der Waals surface area contributed by atoms with Gasteiger partial charge in [0, 0.05) is 17.5 Å². The normalized spacial score (nSPS) is 14.1. The van der Waals surface area contributed by atoms with Gasteiger partial charge in [0.1, 0.15) is 0 Å². The number of thiophene rings is 1. The molecule has 0 saturated heterocycles. The molecule has 1 nitrogen and oxygen atoms in total. The first-order chi connectivity index (χ1) is 7.42. The molecule has 92 valence electrons. The fourth-order valence-corrected chi connectivity index (χ4v) is 2.57. The maximum atomic E-state index is 12.0. The van der Waals surface area contributed by atoms with Crippen molar-refractivity contribution in [2.45, 2.75) is 32.0 Å². The Morgan fingerprint density at radius 1 is 1.44 bits per heavy atom. The smallest absolute Gasteiger partial charge is 0.309 e. The molecule has 1 atom stereocenters. The van der Waals surface area contributed by atoms with Crippen molar-refractivity contribution in [1.29, 1.82) is 0 Å². The second kappa shape index (κ2) is 5.89. The van der Waals surface area contributed by atoms with E-state index in [1.54, 1.807) is 6.07 Å². The summed E-state index contributed by atoms with van der Waals surface area (Å²) in [5.41, 5.74) is 0. The zero-order valence-corrected chi connectivity index (χ0v) is 10.3. The van der Waals surface area contributed by atoms with Gasteiger partial charge in [-0.25, -0.2) is 0 Å². The lowest BCUT2D eigenvalue weighted by Gasteiger charge is -2.16. The molecule has 1 aromatic rings. The summed E-state index contributed by atoms with van der Waals surface area (Å²) in [5, 5.41) is 2.89. The molecule has 0 spiro atoms. The van der Waals surface area contributed by atoms with Crippen molar-refractivity contribution in [3.8, 4) is 0 Å². The van der Waals surface area contributed by atoms with Gasteiger partial charge in [0.05, 0.1) is 10.8 Å². The highest BCUT2D eigenvalue weighted by molar-refractivity contribution is 7.16. The van der Waals surface area contributed by atoms with Gasteiger partial charge in [0.2, 0.25) is 0 Å². The van der Waals surface area contributed by atoms with Gasteiger partial charge in [0.15, 0.2) is 0 Å². The molecule has 0 bridgehead atoms. The maximum absolute atomic E-state index is 12.0. The third-order valence-corrected chi connectivity index (χ3v) is 3.49. The Bertz CT molecular complexity index is 324. The lowest BCUT2D eigenvalue weighted by Crippen LogP contribution is -2.25. The highest BCUT2D eigenvalue weighted by atomic mass is 35.5. The summed E-state index contributed by atoms with van der Waals surface area (Å²) < 4.78 is 36.5. The van der Waals surface area contributed by atoms with Crippen LogP contribution in [0.4, 0.5) is 13.2 Å². The minimum atomic E-state index is -4.10. The van der Waals surface area contributed by atoms with Crippen LogP contribution in [0.25, 0.3) is 0 Å². The van der Waals surface area contributed by atoms with Gasteiger partial charge in [-0.3, -0.25) is 0 Å². The number of hydrogen-bond donors (Lipinski definition) is 1. The maximum Gasteiger partial charge on any atom is 0.390 e. The van der Waals surface area contributed by atoms with Crippen LogP contribution in [-0.2, 0) is 0 Å². The number of halogens is 4. The molecule has 0 aliphatic carbocycles. The van der Waals surface area contributed by atoms with Crippen molar-refractivity contribution in [3.63, 3.8) is 0 Å². The van der Waals surface area contributed by atoms with Gasteiger partial charge in [-0.05, 0) is 18.6 Å². The summed E-state index contributed by atoms with van der Waals surface area (Å²) in [7, 11) is 0. The molecular formula is C10H13ClF3NS. The third kappa shape index (κ3) is 4.72. The lowest BCUT2D eigenvalue weighted by atomic mass is 10.2. The van der Waals surface area contributed by atoms with E-state index in [2.05, 4.69) is 5.32 Å². The van der Waals surface area contributed by atoms with Crippen LogP contribution in [0.1, 0.15) is 30.7 Å². The average molecular weight is 272 g/mol. The van der Waals surface area contributed by atoms with Crippen LogP contribution in [0.5, 0.6) is 0 Å². The molecule has 1 aromatic heterocycles. The van der Waals surface area contributed by atoms with E-state index >= 15 is 0 Å². The predicted molar refractivity (Wildman–Crippen MR) is 61.0 cm³/mol. The van der Waals surface area contributed by atoms with Gasteiger partial charge >= 0.3 is 6.18 Å². The monoisotopic (exact) mass is 271 g/mol. The van der Waals surface area contributed by atoms with E-state index in [0.29, 0.717) is 4.34 Å². The molecule has 0 saturated carbocycles. The van der Waals surface area contributed by atoms with Gasteiger partial charge in [-0.2, -0.15) is 13.2 Å². The molecule has 1 rings (SSSR count). The largest absolute Gasteiger partial charge is 0.390 e. The van der Waals surface area contributed by atoms with Crippen molar-refractivity contribution >= 4 is 22.9 Å². The highest BCUT2D eigenvalue weighted by Gasteiger charge is 2.26. The SMILES string of the molecule is CCC(NCCC(F)(F)F)c1ccc(Cl)s1. The van der Waals surface area contributed by atoms with E-state index in [9.17, 15) is 13.2 Å². The van der Waals surface area contributed by atoms with E-state index in [0.717, 1.165) is 11.3 Å². The number of alkyl halides is 3. The second-order valence-electron chi connectivity index (χ2n) is 3.42. The Kier molecular flexibility index (Phi) is 5.08. The Balaban J connectivity index is 2.44. The molecule has 16 heavy (non-hydrogen) atoms. The van der Waals surface area contributed by atoms with E-state index < -0.39 is 12.6 Å². The van der Waals surface area contributed by atoms with Crippen molar-refractivity contribution in [2.75, 3.05) is 6.54 Å². The summed E-state index contributed by atoms with van der Waals surface area (Å²) in [6.45, 7) is 1.87. The Hall–Kier alpha value is -0.260. The van der Waals surface area contributed by atoms with Crippen LogP contribution >= 0.6 is 22.9 Å². The molecule has 6 heteroatoms. The van der Waals surface area contributed by atoms with Crippen molar-refractivity contribution < 1.29 is 13.2 Å². The zero-order valence-electron chi connectivity index (χ0n) is 8.77. The van der Waals surface area contributed by atoms with Crippen LogP contribution in [0.3, 0.4) is 0 Å². The zero-order chi connectivity index (χ0) is 12.2. The van der Waals surface area contributed by atoms with E-state index in [4.69, 9.17) is 11.6 Å². The quantitative estimate of drug-likeness (QED) is 0.837. The Morgan fingerprint density at radius 2 is 2.12 bits per heavy atom. The standard InChI is InChI=1S/C10H13ClF3NS/c1-2-7(8-3-4-9(11)16-8)15-6-5-10(12,13)14/h3-4,7,15H,2,5-6H2,1H3. The summed E-state index contributed by atoms with van der Waals surface area (Å²) in [6.07, 6.45) is -4.16. The molecule has 0 fully saturated rings. The Labute approximate surface area is 102 Å². The van der Waals surface area contributed by atoms with E-state index in [-0.39, 0.29) is 12.6 Å². The molecule has 0 radical (unpaired) electrons. The number of hydrogen-bond acceptors (Lipinski definition) is 2. The molecule has 0 aliphatic rings. The van der Waals surface area contributed by atoms with Crippen molar-refractivity contribution in [2.24, 2.45) is 0 Å². The fourth-order valence-electron chi connectivity index (χ4n) is 1.35. The van der Waals surface area contributed by atoms with Crippen LogP contribution in [0.2, 0.25) is 4.34 Å². The molecule has 0 aromatic carbocycles.